The van der Waals surface area contributed by atoms with Gasteiger partial charge in [0.05, 0.1) is 0 Å². The molecule has 94 valence electrons. The number of hydrogen-bond donors (Lipinski definition) is 2. The van der Waals surface area contributed by atoms with Crippen molar-refractivity contribution < 1.29 is 4.79 Å². The third kappa shape index (κ3) is 4.29. The van der Waals surface area contributed by atoms with E-state index in [2.05, 4.69) is 29.9 Å². The molecule has 0 aliphatic heterocycles. The molecule has 3 nitrogen and oxygen atoms in total. The van der Waals surface area contributed by atoms with E-state index in [0.29, 0.717) is 6.41 Å². The molecule has 2 N–H and O–H groups in total. The van der Waals surface area contributed by atoms with Gasteiger partial charge in [-0.2, -0.15) is 0 Å². The summed E-state index contributed by atoms with van der Waals surface area (Å²) in [6, 6.07) is 11.4. The number of rotatable bonds is 3. The van der Waals surface area contributed by atoms with Crippen LogP contribution in [-0.2, 0) is 4.79 Å². The minimum Gasteiger partial charge on any atom is -0.359 e. The zero-order valence-corrected chi connectivity index (χ0v) is 10.7. The van der Waals surface area contributed by atoms with Gasteiger partial charge >= 0.3 is 0 Å². The molecule has 0 saturated carbocycles. The van der Waals surface area contributed by atoms with Crippen molar-refractivity contribution in [2.75, 3.05) is 5.32 Å². The first-order chi connectivity index (χ1) is 8.67. The molecule has 2 rings (SSSR count). The first-order valence-electron chi connectivity index (χ1n) is 5.71. The highest BCUT2D eigenvalue weighted by atomic mass is 16.1. The van der Waals surface area contributed by atoms with Crippen molar-refractivity contribution in [1.82, 2.24) is 4.98 Å². The molecule has 0 spiro atoms. The Morgan fingerprint density at radius 1 is 1.22 bits per heavy atom. The van der Waals surface area contributed by atoms with Gasteiger partial charge in [-0.1, -0.05) is 24.8 Å². The molecule has 2 aromatic rings. The normalized spacial score (nSPS) is 9.00. The number of para-hydroxylation sites is 1. The molecule has 3 heteroatoms. The fourth-order valence-corrected chi connectivity index (χ4v) is 1.56. The van der Waals surface area contributed by atoms with Crippen LogP contribution in [0.15, 0.2) is 43.0 Å². The van der Waals surface area contributed by atoms with Crippen molar-refractivity contribution in [3.05, 3.63) is 59.9 Å². The second kappa shape index (κ2) is 7.12. The quantitative estimate of drug-likeness (QED) is 0.794. The van der Waals surface area contributed by atoms with Gasteiger partial charge in [0.1, 0.15) is 0 Å². The molecular weight excluding hydrogens is 224 g/mol. The van der Waals surface area contributed by atoms with Crippen LogP contribution < -0.4 is 5.32 Å². The summed E-state index contributed by atoms with van der Waals surface area (Å²) in [5.41, 5.74) is 4.42. The molecule has 0 radical (unpaired) electrons. The molecule has 0 unspecified atom stereocenters. The number of carbonyl (C=O) groups is 1. The number of benzene rings is 1. The van der Waals surface area contributed by atoms with E-state index in [1.807, 2.05) is 43.3 Å². The number of carbonyl (C=O) groups excluding carboxylic acids is 1. The van der Waals surface area contributed by atoms with Gasteiger partial charge in [-0.05, 0) is 43.7 Å². The standard InChI is InChI=1S/C8H11N.C7H7NO/c1-4-8-6(2)5-7(3)9-8;9-6-8-7-4-2-1-3-5-7/h4-5,9H,1H2,2-3H3;1-6H,(H,8,9). The smallest absolute Gasteiger partial charge is 0.211 e. The van der Waals surface area contributed by atoms with Gasteiger partial charge in [-0.15, -0.1) is 0 Å². The van der Waals surface area contributed by atoms with E-state index >= 15 is 0 Å². The average Bonchev–Trinajstić information content (AvgIpc) is 2.70. The average molecular weight is 242 g/mol. The number of anilines is 1. The maximum Gasteiger partial charge on any atom is 0.211 e. The predicted molar refractivity (Wildman–Crippen MR) is 76.5 cm³/mol. The van der Waals surface area contributed by atoms with Crippen LogP contribution in [-0.4, -0.2) is 11.4 Å². The molecule has 0 fully saturated rings. The van der Waals surface area contributed by atoms with Gasteiger partial charge in [0.15, 0.2) is 0 Å². The van der Waals surface area contributed by atoms with Crippen LogP contribution in [0.5, 0.6) is 0 Å². The number of amides is 1. The molecule has 0 atom stereocenters. The topological polar surface area (TPSA) is 44.9 Å². The lowest BCUT2D eigenvalue weighted by molar-refractivity contribution is -0.105. The Bertz CT molecular complexity index is 500. The predicted octanol–water partition coefficient (Wildman–Crippen LogP) is 3.53. The van der Waals surface area contributed by atoms with E-state index in [0.717, 1.165) is 11.4 Å². The van der Waals surface area contributed by atoms with Crippen molar-refractivity contribution in [3.63, 3.8) is 0 Å². The van der Waals surface area contributed by atoms with Gasteiger partial charge in [-0.25, -0.2) is 0 Å². The van der Waals surface area contributed by atoms with Gasteiger partial charge in [0, 0.05) is 17.1 Å². The molecule has 0 bridgehead atoms. The number of hydrogen-bond acceptors (Lipinski definition) is 1. The molecule has 1 aromatic carbocycles. The van der Waals surface area contributed by atoms with Crippen LogP contribution in [0, 0.1) is 13.8 Å². The van der Waals surface area contributed by atoms with E-state index in [1.54, 1.807) is 0 Å². The molecule has 0 saturated heterocycles. The van der Waals surface area contributed by atoms with E-state index < -0.39 is 0 Å². The van der Waals surface area contributed by atoms with E-state index in [9.17, 15) is 4.79 Å². The van der Waals surface area contributed by atoms with Crippen LogP contribution in [0.3, 0.4) is 0 Å². The van der Waals surface area contributed by atoms with Gasteiger partial charge in [0.25, 0.3) is 0 Å². The SMILES string of the molecule is C=Cc1[nH]c(C)cc1C.O=CNc1ccccc1. The van der Waals surface area contributed by atoms with Crippen LogP contribution in [0.2, 0.25) is 0 Å². The van der Waals surface area contributed by atoms with Crippen LogP contribution in [0.25, 0.3) is 6.08 Å². The zero-order valence-electron chi connectivity index (χ0n) is 10.7. The minimum atomic E-state index is 0.662. The summed E-state index contributed by atoms with van der Waals surface area (Å²) in [4.78, 5) is 13.0. The van der Waals surface area contributed by atoms with Gasteiger partial charge < -0.3 is 10.3 Å². The number of nitrogens with one attached hydrogen (secondary N) is 2. The Labute approximate surface area is 108 Å². The molecule has 1 heterocycles. The van der Waals surface area contributed by atoms with E-state index in [4.69, 9.17) is 0 Å². The maximum absolute atomic E-state index is 9.86. The molecule has 1 aromatic heterocycles. The second-order valence-corrected chi connectivity index (χ2v) is 3.88. The van der Waals surface area contributed by atoms with Crippen molar-refractivity contribution in [2.45, 2.75) is 13.8 Å². The monoisotopic (exact) mass is 242 g/mol. The Morgan fingerprint density at radius 3 is 2.28 bits per heavy atom. The highest BCUT2D eigenvalue weighted by molar-refractivity contribution is 5.70. The fraction of sp³-hybridized carbons (Fsp3) is 0.133. The third-order valence-electron chi connectivity index (χ3n) is 2.39. The molecule has 0 aliphatic rings. The first kappa shape index (κ1) is 13.8. The number of H-pyrrole nitrogens is 1. The summed E-state index contributed by atoms with van der Waals surface area (Å²) in [7, 11) is 0. The van der Waals surface area contributed by atoms with Crippen LogP contribution in [0.1, 0.15) is 17.0 Å². The van der Waals surface area contributed by atoms with Gasteiger partial charge in [-0.3, -0.25) is 4.79 Å². The van der Waals surface area contributed by atoms with Crippen LogP contribution in [0.4, 0.5) is 5.69 Å². The molecule has 0 aliphatic carbocycles. The Balaban J connectivity index is 0.000000180. The largest absolute Gasteiger partial charge is 0.359 e. The number of aromatic nitrogens is 1. The van der Waals surface area contributed by atoms with Gasteiger partial charge in [0.2, 0.25) is 6.41 Å². The minimum absolute atomic E-state index is 0.662. The lowest BCUT2D eigenvalue weighted by atomic mass is 10.3. The molecule has 18 heavy (non-hydrogen) atoms. The lowest BCUT2D eigenvalue weighted by Gasteiger charge is -1.93. The number of aryl methyl sites for hydroxylation is 2. The zero-order chi connectivity index (χ0) is 13.4. The fourth-order valence-electron chi connectivity index (χ4n) is 1.56. The number of aromatic amines is 1. The van der Waals surface area contributed by atoms with Crippen molar-refractivity contribution >= 4 is 18.2 Å². The Kier molecular flexibility index (Phi) is 5.45. The summed E-state index contributed by atoms with van der Waals surface area (Å²) < 4.78 is 0. The van der Waals surface area contributed by atoms with Crippen molar-refractivity contribution in [3.8, 4) is 0 Å². The van der Waals surface area contributed by atoms with Crippen molar-refractivity contribution in [1.29, 1.82) is 0 Å². The molecule has 1 amide bonds. The Morgan fingerprint density at radius 2 is 1.89 bits per heavy atom. The summed E-state index contributed by atoms with van der Waals surface area (Å²) >= 11 is 0. The van der Waals surface area contributed by atoms with E-state index in [1.165, 1.54) is 11.3 Å². The highest BCUT2D eigenvalue weighted by Crippen LogP contribution is 2.08. The second-order valence-electron chi connectivity index (χ2n) is 3.88. The Hall–Kier alpha value is -2.29. The lowest BCUT2D eigenvalue weighted by Crippen LogP contribution is -1.91. The third-order valence-corrected chi connectivity index (χ3v) is 2.39. The van der Waals surface area contributed by atoms with E-state index in [-0.39, 0.29) is 0 Å². The van der Waals surface area contributed by atoms with Crippen molar-refractivity contribution in [2.24, 2.45) is 0 Å². The maximum atomic E-state index is 9.86. The first-order valence-corrected chi connectivity index (χ1v) is 5.71. The molecular formula is C15H18N2O. The summed E-state index contributed by atoms with van der Waals surface area (Å²) in [6.45, 7) is 7.79. The van der Waals surface area contributed by atoms with Crippen LogP contribution >= 0.6 is 0 Å². The summed E-state index contributed by atoms with van der Waals surface area (Å²) in [5, 5.41) is 2.53. The summed E-state index contributed by atoms with van der Waals surface area (Å²) in [5.74, 6) is 0. The highest BCUT2D eigenvalue weighted by Gasteiger charge is 1.94. The summed E-state index contributed by atoms with van der Waals surface area (Å²) in [6.07, 6.45) is 2.50.